The topological polar surface area (TPSA) is 58.2 Å². The summed E-state index contributed by atoms with van der Waals surface area (Å²) in [4.78, 5) is 0.189. The van der Waals surface area contributed by atoms with Crippen LogP contribution in [-0.4, -0.2) is 15.0 Å². The van der Waals surface area contributed by atoms with E-state index in [2.05, 4.69) is 10.0 Å². The van der Waals surface area contributed by atoms with Crippen molar-refractivity contribution in [2.45, 2.75) is 17.9 Å². The molecule has 1 aliphatic rings. The lowest BCUT2D eigenvalue weighted by Crippen LogP contribution is -2.24. The van der Waals surface area contributed by atoms with Crippen LogP contribution in [-0.2, 0) is 23.0 Å². The Kier molecular flexibility index (Phi) is 3.65. The summed E-state index contributed by atoms with van der Waals surface area (Å²) in [7, 11) is -3.71. The van der Waals surface area contributed by atoms with Crippen LogP contribution in [0, 0.1) is 5.82 Å². The molecule has 0 spiro atoms. The van der Waals surface area contributed by atoms with Crippen molar-refractivity contribution in [2.75, 3.05) is 11.3 Å². The van der Waals surface area contributed by atoms with E-state index in [1.807, 2.05) is 6.07 Å². The van der Waals surface area contributed by atoms with E-state index in [4.69, 9.17) is 0 Å². The highest BCUT2D eigenvalue weighted by Gasteiger charge is 2.17. The summed E-state index contributed by atoms with van der Waals surface area (Å²) in [6.07, 6.45) is 0.896. The first kappa shape index (κ1) is 14.0. The Morgan fingerprint density at radius 3 is 2.76 bits per heavy atom. The Hall–Kier alpha value is -1.92. The minimum Gasteiger partial charge on any atom is -0.312 e. The third kappa shape index (κ3) is 3.06. The molecule has 2 N–H and O–H groups in total. The van der Waals surface area contributed by atoms with Gasteiger partial charge in [-0.2, -0.15) is 0 Å². The summed E-state index contributed by atoms with van der Waals surface area (Å²) in [6, 6.07) is 10.5. The Morgan fingerprint density at radius 1 is 1.10 bits per heavy atom. The molecule has 2 aromatic rings. The second-order valence-electron chi connectivity index (χ2n) is 4.97. The number of halogens is 1. The van der Waals surface area contributed by atoms with Crippen molar-refractivity contribution in [2.24, 2.45) is 0 Å². The van der Waals surface area contributed by atoms with Gasteiger partial charge in [0.05, 0.1) is 10.6 Å². The van der Waals surface area contributed by atoms with E-state index in [-0.39, 0.29) is 10.6 Å². The van der Waals surface area contributed by atoms with Crippen LogP contribution in [0.3, 0.4) is 0 Å². The Labute approximate surface area is 123 Å². The zero-order valence-corrected chi connectivity index (χ0v) is 12.1. The van der Waals surface area contributed by atoms with E-state index in [9.17, 15) is 12.8 Å². The van der Waals surface area contributed by atoms with E-state index < -0.39 is 15.8 Å². The number of sulfonamides is 1. The van der Waals surface area contributed by atoms with Gasteiger partial charge < -0.3 is 5.32 Å². The second kappa shape index (κ2) is 5.46. The maximum atomic E-state index is 13.1. The van der Waals surface area contributed by atoms with Gasteiger partial charge in [-0.3, -0.25) is 4.72 Å². The van der Waals surface area contributed by atoms with Gasteiger partial charge in [0, 0.05) is 6.54 Å². The maximum Gasteiger partial charge on any atom is 0.261 e. The molecule has 0 saturated heterocycles. The predicted molar refractivity (Wildman–Crippen MR) is 79.1 cm³/mol. The van der Waals surface area contributed by atoms with E-state index in [1.54, 1.807) is 12.1 Å². The normalized spacial score (nSPS) is 14.5. The average Bonchev–Trinajstić information content (AvgIpc) is 2.46. The second-order valence-corrected chi connectivity index (χ2v) is 6.66. The molecule has 0 atom stereocenters. The SMILES string of the molecule is O=S(=O)(Nc1cccc(F)c1)c1ccc2c(c1)CNCC2. The van der Waals surface area contributed by atoms with Crippen LogP contribution in [0.1, 0.15) is 11.1 Å². The quantitative estimate of drug-likeness (QED) is 0.914. The van der Waals surface area contributed by atoms with E-state index >= 15 is 0 Å². The fourth-order valence-electron chi connectivity index (χ4n) is 2.39. The van der Waals surface area contributed by atoms with Gasteiger partial charge in [-0.15, -0.1) is 0 Å². The molecule has 6 heteroatoms. The smallest absolute Gasteiger partial charge is 0.261 e. The van der Waals surface area contributed by atoms with Gasteiger partial charge in [0.2, 0.25) is 0 Å². The first-order valence-electron chi connectivity index (χ1n) is 6.65. The number of anilines is 1. The first-order valence-corrected chi connectivity index (χ1v) is 8.14. The van der Waals surface area contributed by atoms with Crippen molar-refractivity contribution in [1.29, 1.82) is 0 Å². The molecule has 0 aromatic heterocycles. The van der Waals surface area contributed by atoms with Crippen LogP contribution in [0.4, 0.5) is 10.1 Å². The molecule has 21 heavy (non-hydrogen) atoms. The fraction of sp³-hybridized carbons (Fsp3) is 0.200. The molecule has 0 bridgehead atoms. The minimum atomic E-state index is -3.71. The van der Waals surface area contributed by atoms with Crippen molar-refractivity contribution in [3.63, 3.8) is 0 Å². The summed E-state index contributed by atoms with van der Waals surface area (Å²) >= 11 is 0. The van der Waals surface area contributed by atoms with E-state index in [1.165, 1.54) is 23.8 Å². The van der Waals surface area contributed by atoms with Crippen molar-refractivity contribution in [3.8, 4) is 0 Å². The number of hydrogen-bond donors (Lipinski definition) is 2. The number of benzene rings is 2. The Bertz CT molecular complexity index is 775. The van der Waals surface area contributed by atoms with Gasteiger partial charge in [0.1, 0.15) is 5.82 Å². The monoisotopic (exact) mass is 306 g/mol. The zero-order chi connectivity index (χ0) is 14.9. The van der Waals surface area contributed by atoms with Crippen LogP contribution in [0.15, 0.2) is 47.4 Å². The lowest BCUT2D eigenvalue weighted by Gasteiger charge is -2.18. The summed E-state index contributed by atoms with van der Waals surface area (Å²) in [5.74, 6) is -0.482. The highest BCUT2D eigenvalue weighted by Crippen LogP contribution is 2.21. The van der Waals surface area contributed by atoms with Crippen LogP contribution >= 0.6 is 0 Å². The van der Waals surface area contributed by atoms with Crippen LogP contribution in [0.5, 0.6) is 0 Å². The average molecular weight is 306 g/mol. The van der Waals surface area contributed by atoms with Crippen LogP contribution < -0.4 is 10.0 Å². The third-order valence-corrected chi connectivity index (χ3v) is 4.83. The van der Waals surface area contributed by atoms with Crippen molar-refractivity contribution in [3.05, 3.63) is 59.4 Å². The van der Waals surface area contributed by atoms with E-state index in [0.29, 0.717) is 6.54 Å². The molecule has 0 radical (unpaired) electrons. The molecule has 0 saturated carbocycles. The molecule has 2 aromatic carbocycles. The fourth-order valence-corrected chi connectivity index (χ4v) is 3.49. The maximum absolute atomic E-state index is 13.1. The molecule has 4 nitrogen and oxygen atoms in total. The lowest BCUT2D eigenvalue weighted by atomic mass is 10.0. The number of hydrogen-bond acceptors (Lipinski definition) is 3. The molecule has 0 fully saturated rings. The summed E-state index contributed by atoms with van der Waals surface area (Å²) in [5, 5.41) is 3.21. The summed E-state index contributed by atoms with van der Waals surface area (Å²) in [5.41, 5.74) is 2.37. The Balaban J connectivity index is 1.91. The summed E-state index contributed by atoms with van der Waals surface area (Å²) < 4.78 is 40.2. The standard InChI is InChI=1S/C15H15FN2O2S/c16-13-2-1-3-14(9-13)18-21(19,20)15-5-4-11-6-7-17-10-12(11)8-15/h1-5,8-9,17-18H,6-7,10H2. The molecule has 0 amide bonds. The number of fused-ring (bicyclic) bond motifs is 1. The molecule has 1 aliphatic heterocycles. The van der Waals surface area contributed by atoms with Crippen LogP contribution in [0.25, 0.3) is 0 Å². The van der Waals surface area contributed by atoms with Crippen molar-refractivity contribution < 1.29 is 12.8 Å². The first-order chi connectivity index (χ1) is 10.0. The van der Waals surface area contributed by atoms with Gasteiger partial charge in [-0.1, -0.05) is 12.1 Å². The third-order valence-electron chi connectivity index (χ3n) is 3.45. The van der Waals surface area contributed by atoms with Gasteiger partial charge in [0.25, 0.3) is 10.0 Å². The molecule has 0 unspecified atom stereocenters. The lowest BCUT2D eigenvalue weighted by molar-refractivity contribution is 0.599. The van der Waals surface area contributed by atoms with Gasteiger partial charge >= 0.3 is 0 Å². The number of nitrogens with one attached hydrogen (secondary N) is 2. The molecule has 110 valence electrons. The molecule has 3 rings (SSSR count). The highest BCUT2D eigenvalue weighted by atomic mass is 32.2. The molecular weight excluding hydrogens is 291 g/mol. The molecule has 0 aliphatic carbocycles. The van der Waals surface area contributed by atoms with Crippen molar-refractivity contribution >= 4 is 15.7 Å². The van der Waals surface area contributed by atoms with Crippen LogP contribution in [0.2, 0.25) is 0 Å². The largest absolute Gasteiger partial charge is 0.312 e. The predicted octanol–water partition coefficient (Wildman–Crippen LogP) is 2.27. The van der Waals surface area contributed by atoms with Crippen molar-refractivity contribution in [1.82, 2.24) is 5.32 Å². The number of rotatable bonds is 3. The zero-order valence-electron chi connectivity index (χ0n) is 11.3. The summed E-state index contributed by atoms with van der Waals surface area (Å²) in [6.45, 7) is 1.57. The van der Waals surface area contributed by atoms with E-state index in [0.717, 1.165) is 24.6 Å². The van der Waals surface area contributed by atoms with Gasteiger partial charge in [-0.25, -0.2) is 12.8 Å². The molecule has 1 heterocycles. The van der Waals surface area contributed by atoms with Gasteiger partial charge in [-0.05, 0) is 54.4 Å². The van der Waals surface area contributed by atoms with Gasteiger partial charge in [0.15, 0.2) is 0 Å². The Morgan fingerprint density at radius 2 is 1.95 bits per heavy atom. The highest BCUT2D eigenvalue weighted by molar-refractivity contribution is 7.92. The molecular formula is C15H15FN2O2S. The minimum absolute atomic E-state index is 0.189.